The molecule has 0 atom stereocenters. The molecule has 0 bridgehead atoms. The Labute approximate surface area is 82.1 Å². The zero-order chi connectivity index (χ0) is 11.6. The average molecular weight is 215 g/mol. The van der Waals surface area contributed by atoms with Crippen LogP contribution < -0.4 is 5.73 Å². The first kappa shape index (κ1) is 11.0. The number of hydrogen-bond donors (Lipinski definition) is 1. The van der Waals surface area contributed by atoms with Crippen molar-refractivity contribution in [1.29, 1.82) is 5.26 Å². The lowest BCUT2D eigenvalue weighted by molar-refractivity contribution is 0.0979. The zero-order valence-corrected chi connectivity index (χ0v) is 7.17. The molecule has 0 aromatic carbocycles. The minimum Gasteiger partial charge on any atom is -0.364 e. The molecule has 0 aliphatic rings. The van der Waals surface area contributed by atoms with Gasteiger partial charge in [-0.1, -0.05) is 0 Å². The lowest BCUT2D eigenvalue weighted by atomic mass is 10.1. The van der Waals surface area contributed by atoms with Crippen molar-refractivity contribution in [3.8, 4) is 6.07 Å². The van der Waals surface area contributed by atoms with Crippen LogP contribution in [0.1, 0.15) is 28.0 Å². The number of carbonyl (C=O) groups is 1. The van der Waals surface area contributed by atoms with Crippen LogP contribution in [0.25, 0.3) is 0 Å². The van der Waals surface area contributed by atoms with Crippen molar-refractivity contribution in [1.82, 2.24) is 4.98 Å². The molecule has 1 aromatic rings. The predicted molar refractivity (Wildman–Crippen MR) is 42.4 cm³/mol. The number of halogens is 3. The van der Waals surface area contributed by atoms with E-state index in [0.717, 1.165) is 0 Å². The van der Waals surface area contributed by atoms with E-state index in [1.165, 1.54) is 6.07 Å². The molecule has 15 heavy (non-hydrogen) atoms. The van der Waals surface area contributed by atoms with Gasteiger partial charge in [-0.05, 0) is 0 Å². The molecule has 78 valence electrons. The van der Waals surface area contributed by atoms with Gasteiger partial charge in [0.2, 0.25) is 0 Å². The molecule has 1 amide bonds. The summed E-state index contributed by atoms with van der Waals surface area (Å²) < 4.78 is 37.8. The lowest BCUT2D eigenvalue weighted by Crippen LogP contribution is -2.18. The van der Waals surface area contributed by atoms with Crippen molar-refractivity contribution in [2.24, 2.45) is 5.73 Å². The number of aromatic nitrogens is 1. The first-order valence-electron chi connectivity index (χ1n) is 3.65. The number of nitrogens with two attached hydrogens (primary N) is 1. The van der Waals surface area contributed by atoms with Crippen LogP contribution in [0.3, 0.4) is 0 Å². The van der Waals surface area contributed by atoms with E-state index in [4.69, 9.17) is 11.0 Å². The largest absolute Gasteiger partial charge is 0.364 e. The number of hydrogen-bond acceptors (Lipinski definition) is 3. The standard InChI is InChI=1S/C8H4F3N3O/c9-4-2-14-6(8(13)15)5(7(10)11)3(4)1-12/h2,7H,(H2,13,15). The topological polar surface area (TPSA) is 79.8 Å². The van der Waals surface area contributed by atoms with Gasteiger partial charge in [0.25, 0.3) is 12.3 Å². The number of amides is 1. The summed E-state index contributed by atoms with van der Waals surface area (Å²) in [6.45, 7) is 0. The van der Waals surface area contributed by atoms with Gasteiger partial charge in [-0.15, -0.1) is 0 Å². The maximum atomic E-state index is 12.9. The molecule has 0 radical (unpaired) electrons. The highest BCUT2D eigenvalue weighted by Crippen LogP contribution is 2.26. The van der Waals surface area contributed by atoms with E-state index in [1.54, 1.807) is 0 Å². The van der Waals surface area contributed by atoms with Crippen LogP contribution in [-0.2, 0) is 0 Å². The molecule has 0 saturated carbocycles. The van der Waals surface area contributed by atoms with Crippen LogP contribution in [-0.4, -0.2) is 10.9 Å². The Morgan fingerprint density at radius 3 is 2.60 bits per heavy atom. The second-order valence-corrected chi connectivity index (χ2v) is 2.52. The highest BCUT2D eigenvalue weighted by atomic mass is 19.3. The molecule has 4 nitrogen and oxygen atoms in total. The number of carbonyl (C=O) groups excluding carboxylic acids is 1. The van der Waals surface area contributed by atoms with Gasteiger partial charge >= 0.3 is 0 Å². The van der Waals surface area contributed by atoms with Crippen LogP contribution in [0.4, 0.5) is 13.2 Å². The van der Waals surface area contributed by atoms with Crippen LogP contribution in [0.15, 0.2) is 6.20 Å². The molecule has 0 saturated heterocycles. The summed E-state index contributed by atoms with van der Waals surface area (Å²) in [6, 6.07) is 1.24. The molecule has 0 spiro atoms. The van der Waals surface area contributed by atoms with Gasteiger partial charge < -0.3 is 5.73 Å². The molecule has 7 heteroatoms. The summed E-state index contributed by atoms with van der Waals surface area (Å²) in [7, 11) is 0. The Morgan fingerprint density at radius 1 is 1.60 bits per heavy atom. The SMILES string of the molecule is N#Cc1c(F)cnc(C(N)=O)c1C(F)F. The average Bonchev–Trinajstić information content (AvgIpc) is 2.16. The molecule has 0 aliphatic carbocycles. The summed E-state index contributed by atoms with van der Waals surface area (Å²) in [5.41, 5.74) is 2.00. The quantitative estimate of drug-likeness (QED) is 0.802. The number of nitriles is 1. The van der Waals surface area contributed by atoms with Crippen molar-refractivity contribution >= 4 is 5.91 Å². The minimum atomic E-state index is -3.19. The first-order valence-corrected chi connectivity index (χ1v) is 3.65. The Morgan fingerprint density at radius 2 is 2.20 bits per heavy atom. The molecule has 1 heterocycles. The fourth-order valence-corrected chi connectivity index (χ4v) is 1.02. The third-order valence-corrected chi connectivity index (χ3v) is 1.63. The highest BCUT2D eigenvalue weighted by Gasteiger charge is 2.25. The first-order chi connectivity index (χ1) is 6.99. The van der Waals surface area contributed by atoms with Gasteiger partial charge in [0.05, 0.1) is 11.8 Å². The Balaban J connectivity index is 3.58. The smallest absolute Gasteiger partial charge is 0.267 e. The third kappa shape index (κ3) is 1.88. The second-order valence-electron chi connectivity index (χ2n) is 2.52. The van der Waals surface area contributed by atoms with Gasteiger partial charge in [0.1, 0.15) is 17.3 Å². The highest BCUT2D eigenvalue weighted by molar-refractivity contribution is 5.93. The third-order valence-electron chi connectivity index (χ3n) is 1.63. The summed E-state index contributed by atoms with van der Waals surface area (Å²) in [5.74, 6) is -2.44. The normalized spacial score (nSPS) is 10.1. The zero-order valence-electron chi connectivity index (χ0n) is 7.17. The van der Waals surface area contributed by atoms with E-state index >= 15 is 0 Å². The molecular weight excluding hydrogens is 211 g/mol. The fraction of sp³-hybridized carbons (Fsp3) is 0.125. The van der Waals surface area contributed by atoms with Crippen LogP contribution in [0, 0.1) is 17.1 Å². The van der Waals surface area contributed by atoms with Gasteiger partial charge in [0, 0.05) is 0 Å². The maximum absolute atomic E-state index is 12.9. The fourth-order valence-electron chi connectivity index (χ4n) is 1.02. The predicted octanol–water partition coefficient (Wildman–Crippen LogP) is 1.13. The lowest BCUT2D eigenvalue weighted by Gasteiger charge is -2.06. The van der Waals surface area contributed by atoms with Gasteiger partial charge in [-0.3, -0.25) is 4.79 Å². The van der Waals surface area contributed by atoms with E-state index in [1.807, 2.05) is 0 Å². The molecular formula is C8H4F3N3O. The molecule has 1 aromatic heterocycles. The van der Waals surface area contributed by atoms with E-state index in [-0.39, 0.29) is 0 Å². The van der Waals surface area contributed by atoms with Crippen LogP contribution in [0.5, 0.6) is 0 Å². The summed E-state index contributed by atoms with van der Waals surface area (Å²) in [4.78, 5) is 13.8. The Bertz CT molecular complexity index is 453. The molecule has 0 fully saturated rings. The van der Waals surface area contributed by atoms with E-state index in [2.05, 4.69) is 4.98 Å². The van der Waals surface area contributed by atoms with Crippen molar-refractivity contribution in [2.75, 3.05) is 0 Å². The van der Waals surface area contributed by atoms with Crippen molar-refractivity contribution < 1.29 is 18.0 Å². The van der Waals surface area contributed by atoms with Crippen molar-refractivity contribution in [3.63, 3.8) is 0 Å². The number of alkyl halides is 2. The number of primary amides is 1. The van der Waals surface area contributed by atoms with E-state index < -0.39 is 35.0 Å². The van der Waals surface area contributed by atoms with Crippen LogP contribution >= 0.6 is 0 Å². The van der Waals surface area contributed by atoms with Gasteiger partial charge in [-0.25, -0.2) is 18.2 Å². The maximum Gasteiger partial charge on any atom is 0.267 e. The number of pyridine rings is 1. The Hall–Kier alpha value is -2.10. The summed E-state index contributed by atoms with van der Waals surface area (Å²) in [5, 5.41) is 8.45. The monoisotopic (exact) mass is 215 g/mol. The van der Waals surface area contributed by atoms with Gasteiger partial charge in [-0.2, -0.15) is 5.26 Å². The van der Waals surface area contributed by atoms with Gasteiger partial charge in [0.15, 0.2) is 5.82 Å². The summed E-state index contributed by atoms with van der Waals surface area (Å²) >= 11 is 0. The van der Waals surface area contributed by atoms with E-state index in [9.17, 15) is 18.0 Å². The van der Waals surface area contributed by atoms with Crippen LogP contribution in [0.2, 0.25) is 0 Å². The number of nitrogens with zero attached hydrogens (tertiary/aromatic N) is 2. The molecule has 0 unspecified atom stereocenters. The summed E-state index contributed by atoms with van der Waals surface area (Å²) in [6.07, 6.45) is -2.69. The van der Waals surface area contributed by atoms with Crippen molar-refractivity contribution in [3.05, 3.63) is 28.8 Å². The minimum absolute atomic E-state index is 0.504. The Kier molecular flexibility index (Phi) is 2.90. The molecule has 0 aliphatic heterocycles. The molecule has 2 N–H and O–H groups in total. The molecule has 1 rings (SSSR count). The van der Waals surface area contributed by atoms with E-state index in [0.29, 0.717) is 6.20 Å². The van der Waals surface area contributed by atoms with Crippen molar-refractivity contribution in [2.45, 2.75) is 6.43 Å². The number of rotatable bonds is 2. The second kappa shape index (κ2) is 3.96.